The molecule has 1 amide bonds. The van der Waals surface area contributed by atoms with Gasteiger partial charge in [0, 0.05) is 5.92 Å². The first kappa shape index (κ1) is 23.8. The Bertz CT molecular complexity index is 535. The summed E-state index contributed by atoms with van der Waals surface area (Å²) in [5, 5.41) is 36.6. The van der Waals surface area contributed by atoms with Crippen molar-refractivity contribution in [2.75, 3.05) is 0 Å². The van der Waals surface area contributed by atoms with E-state index in [0.29, 0.717) is 0 Å². The van der Waals surface area contributed by atoms with Crippen LogP contribution in [-0.2, 0) is 14.4 Å². The molecule has 0 aliphatic heterocycles. The largest absolute Gasteiger partial charge is 1.00 e. The molecule has 0 bridgehead atoms. The average molecular weight is 331 g/mol. The van der Waals surface area contributed by atoms with Crippen LogP contribution in [0.2, 0.25) is 0 Å². The quantitative estimate of drug-likeness (QED) is 0.151. The van der Waals surface area contributed by atoms with Gasteiger partial charge in [-0.3, -0.25) is 14.8 Å². The Hall–Kier alpha value is -0.450. The number of nitrogens with one attached hydrogen (secondary N) is 1. The Balaban J connectivity index is -0.000000500. The van der Waals surface area contributed by atoms with Crippen molar-refractivity contribution in [3.05, 3.63) is 35.9 Å². The number of hydrogen-bond donors (Lipinski definition) is 5. The second kappa shape index (κ2) is 10.3. The van der Waals surface area contributed by atoms with Crippen molar-refractivity contribution in [2.24, 2.45) is 0 Å². The maximum Gasteiger partial charge on any atom is 1.00 e. The molecule has 1 aromatic carbocycles. The fourth-order valence-corrected chi connectivity index (χ4v) is 1.86. The predicted octanol–water partition coefficient (Wildman–Crippen LogP) is -6.20. The third-order valence-electron chi connectivity index (χ3n) is 2.86. The van der Waals surface area contributed by atoms with Gasteiger partial charge in [0.1, 0.15) is 0 Å². The van der Waals surface area contributed by atoms with Crippen molar-refractivity contribution in [3.8, 4) is 0 Å². The van der Waals surface area contributed by atoms with Crippen LogP contribution < -0.4 is 64.6 Å². The van der Waals surface area contributed by atoms with Crippen molar-refractivity contribution in [1.82, 2.24) is 5.48 Å². The summed E-state index contributed by atoms with van der Waals surface area (Å²) in [7, 11) is 0. The smallest absolute Gasteiger partial charge is 1.00 e. The van der Waals surface area contributed by atoms with Gasteiger partial charge in [-0.1, -0.05) is 30.3 Å². The topological polar surface area (TPSA) is 144 Å². The van der Waals surface area contributed by atoms with Crippen LogP contribution in [0.3, 0.4) is 0 Å². The van der Waals surface area contributed by atoms with Crippen LogP contribution in [0.4, 0.5) is 0 Å². The van der Waals surface area contributed by atoms with Crippen molar-refractivity contribution < 1.29 is 96.9 Å². The molecule has 2 atom stereocenters. The van der Waals surface area contributed by atoms with Crippen LogP contribution in [0.5, 0.6) is 0 Å². The monoisotopic (exact) mass is 331 g/mol. The molecule has 0 aliphatic carbocycles. The molecular formula is C12H15NNa2O7. The van der Waals surface area contributed by atoms with Gasteiger partial charge in [-0.05, 0) is 5.56 Å². The first-order valence-corrected chi connectivity index (χ1v) is 5.51. The van der Waals surface area contributed by atoms with E-state index in [1.807, 2.05) is 0 Å². The van der Waals surface area contributed by atoms with Crippen molar-refractivity contribution in [3.63, 3.8) is 0 Å². The molecule has 1 rings (SSSR count). The van der Waals surface area contributed by atoms with Gasteiger partial charge in [0.15, 0.2) is 0 Å². The minimum atomic E-state index is -3.10. The van der Waals surface area contributed by atoms with Crippen molar-refractivity contribution in [1.29, 1.82) is 0 Å². The number of hydroxylamine groups is 1. The number of carboxylic acid groups (broad SMARTS) is 2. The van der Waals surface area contributed by atoms with E-state index in [1.54, 1.807) is 6.07 Å². The zero-order chi connectivity index (χ0) is 15.3. The van der Waals surface area contributed by atoms with Crippen LogP contribution in [0.1, 0.15) is 20.8 Å². The van der Waals surface area contributed by atoms with Gasteiger partial charge in [-0.25, -0.2) is 10.3 Å². The van der Waals surface area contributed by atoms with Gasteiger partial charge in [0.2, 0.25) is 0 Å². The Morgan fingerprint density at radius 1 is 1.14 bits per heavy atom. The second-order valence-electron chi connectivity index (χ2n) is 4.07. The van der Waals surface area contributed by atoms with Crippen LogP contribution in [0, 0.1) is 0 Å². The molecule has 8 nitrogen and oxygen atoms in total. The molecule has 0 spiro atoms. The van der Waals surface area contributed by atoms with E-state index in [9.17, 15) is 19.5 Å². The predicted molar refractivity (Wildman–Crippen MR) is 66.2 cm³/mol. The number of aliphatic carboxylic acids is 2. The molecule has 0 heterocycles. The van der Waals surface area contributed by atoms with E-state index in [0.717, 1.165) is 5.48 Å². The number of carbonyl (C=O) groups is 3. The van der Waals surface area contributed by atoms with Crippen LogP contribution in [0.25, 0.3) is 0 Å². The van der Waals surface area contributed by atoms with Gasteiger partial charge >= 0.3 is 71.1 Å². The molecule has 0 radical (unpaired) electrons. The van der Waals surface area contributed by atoms with Crippen molar-refractivity contribution in [2.45, 2.75) is 17.9 Å². The summed E-state index contributed by atoms with van der Waals surface area (Å²) in [6, 6.07) is 7.37. The Morgan fingerprint density at radius 2 is 1.64 bits per heavy atom. The van der Waals surface area contributed by atoms with Crippen LogP contribution in [-0.4, -0.2) is 44.0 Å². The third-order valence-corrected chi connectivity index (χ3v) is 2.86. The van der Waals surface area contributed by atoms with Gasteiger partial charge in [0.25, 0.3) is 11.5 Å². The SMILES string of the molecule is O=C(O)CC(c1ccccc1)C(O)(C(=O)O)C(=O)NO.[H-].[H-].[Na+].[Na+]. The van der Waals surface area contributed by atoms with Gasteiger partial charge < -0.3 is 18.2 Å². The first-order valence-electron chi connectivity index (χ1n) is 5.51. The van der Waals surface area contributed by atoms with E-state index in [-0.39, 0.29) is 67.5 Å². The maximum absolute atomic E-state index is 11.5. The molecule has 0 saturated heterocycles. The summed E-state index contributed by atoms with van der Waals surface area (Å²) in [5.74, 6) is -6.53. The fraction of sp³-hybridized carbons (Fsp3) is 0.250. The number of hydrogen-bond acceptors (Lipinski definition) is 5. The molecule has 0 aromatic heterocycles. The molecule has 22 heavy (non-hydrogen) atoms. The number of carbonyl (C=O) groups excluding carboxylic acids is 1. The number of aliphatic hydroxyl groups is 1. The Labute approximate surface area is 173 Å². The van der Waals surface area contributed by atoms with Crippen LogP contribution >= 0.6 is 0 Å². The molecule has 2 unspecified atom stereocenters. The number of benzene rings is 1. The molecule has 10 heteroatoms. The molecular weight excluding hydrogens is 316 g/mol. The van der Waals surface area contributed by atoms with E-state index < -0.39 is 35.8 Å². The molecule has 0 saturated carbocycles. The summed E-state index contributed by atoms with van der Waals surface area (Å²) < 4.78 is 0. The van der Waals surface area contributed by atoms with Crippen LogP contribution in [0.15, 0.2) is 30.3 Å². The van der Waals surface area contributed by atoms with Crippen molar-refractivity contribution >= 4 is 17.8 Å². The average Bonchev–Trinajstić information content (AvgIpc) is 2.43. The standard InChI is InChI=1S/C12H13NO7.2Na.2H/c14-9(15)6-8(7-4-2-1-3-5-7)12(19,11(17)18)10(16)13-20;;;;/h1-5,8,19-20H,6H2,(H,13,16)(H,14,15)(H,17,18);;;;/q;2*+1;2*-1. The minimum Gasteiger partial charge on any atom is -1.00 e. The van der Waals surface area contributed by atoms with Gasteiger partial charge in [-0.2, -0.15) is 0 Å². The number of carboxylic acids is 2. The molecule has 5 N–H and O–H groups in total. The molecule has 1 aromatic rings. The summed E-state index contributed by atoms with van der Waals surface area (Å²) in [5.41, 5.74) is -1.91. The summed E-state index contributed by atoms with van der Waals surface area (Å²) in [6.07, 6.45) is -0.805. The molecule has 0 fully saturated rings. The normalized spacial score (nSPS) is 13.5. The summed E-state index contributed by atoms with van der Waals surface area (Å²) in [6.45, 7) is 0. The second-order valence-corrected chi connectivity index (χ2v) is 4.07. The first-order chi connectivity index (χ1) is 9.33. The minimum absolute atomic E-state index is 0. The third kappa shape index (κ3) is 5.32. The Morgan fingerprint density at radius 3 is 2.00 bits per heavy atom. The maximum atomic E-state index is 11.5. The van der Waals surface area contributed by atoms with E-state index >= 15 is 0 Å². The summed E-state index contributed by atoms with van der Waals surface area (Å²) >= 11 is 0. The van der Waals surface area contributed by atoms with Gasteiger partial charge in [0.05, 0.1) is 6.42 Å². The van der Waals surface area contributed by atoms with E-state index in [1.165, 1.54) is 24.3 Å². The fourth-order valence-electron chi connectivity index (χ4n) is 1.86. The number of amides is 1. The van der Waals surface area contributed by atoms with E-state index in [4.69, 9.17) is 15.4 Å². The van der Waals surface area contributed by atoms with Gasteiger partial charge in [-0.15, -0.1) is 0 Å². The Kier molecular flexibility index (Phi) is 11.2. The molecule has 112 valence electrons. The zero-order valence-electron chi connectivity index (χ0n) is 14.2. The molecule has 0 aliphatic rings. The van der Waals surface area contributed by atoms with E-state index in [2.05, 4.69) is 0 Å². The summed E-state index contributed by atoms with van der Waals surface area (Å²) in [4.78, 5) is 33.6. The zero-order valence-corrected chi connectivity index (χ0v) is 16.2. The number of rotatable bonds is 6.